The molecule has 4 rings (SSSR count). The zero-order valence-corrected chi connectivity index (χ0v) is 21.9. The Bertz CT molecular complexity index is 1160. The van der Waals surface area contributed by atoms with Crippen LogP contribution in [0.5, 0.6) is 5.75 Å². The molecule has 1 aliphatic carbocycles. The fraction of sp³-hybridized carbons (Fsp3) is 0.333. The van der Waals surface area contributed by atoms with Gasteiger partial charge < -0.3 is 4.74 Å². The highest BCUT2D eigenvalue weighted by Crippen LogP contribution is 2.35. The van der Waals surface area contributed by atoms with Crippen molar-refractivity contribution < 1.29 is 9.53 Å². The van der Waals surface area contributed by atoms with Gasteiger partial charge in [0.15, 0.2) is 11.0 Å². The summed E-state index contributed by atoms with van der Waals surface area (Å²) in [5.41, 5.74) is 4.31. The number of methoxy groups -OCH3 is 1. The van der Waals surface area contributed by atoms with Gasteiger partial charge in [0.2, 0.25) is 0 Å². The summed E-state index contributed by atoms with van der Waals surface area (Å²) >= 11 is 10.9. The van der Waals surface area contributed by atoms with Crippen LogP contribution in [0.3, 0.4) is 0 Å². The van der Waals surface area contributed by atoms with Crippen LogP contribution in [0.4, 0.5) is 0 Å². The number of carbonyl (C=O) groups is 1. The first-order chi connectivity index (χ1) is 16.5. The SMILES string of the molecule is COc1ccc(Br)cc1/C=N\NC(=O)CSc1nnc(-c2ccc(Cl)cc2)n1C1CCCCC1. The predicted octanol–water partition coefficient (Wildman–Crippen LogP) is 6.12. The molecular weight excluding hydrogens is 538 g/mol. The smallest absolute Gasteiger partial charge is 0.250 e. The highest BCUT2D eigenvalue weighted by Gasteiger charge is 2.24. The number of ether oxygens (including phenoxy) is 1. The zero-order valence-electron chi connectivity index (χ0n) is 18.7. The van der Waals surface area contributed by atoms with E-state index in [0.29, 0.717) is 16.8 Å². The number of nitrogens with zero attached hydrogens (tertiary/aromatic N) is 4. The number of benzene rings is 2. The largest absolute Gasteiger partial charge is 0.496 e. The predicted molar refractivity (Wildman–Crippen MR) is 140 cm³/mol. The first kappa shape index (κ1) is 24.8. The molecule has 34 heavy (non-hydrogen) atoms. The summed E-state index contributed by atoms with van der Waals surface area (Å²) in [5.74, 6) is 1.44. The average Bonchev–Trinajstić information content (AvgIpc) is 3.28. The number of rotatable bonds is 8. The molecule has 0 atom stereocenters. The fourth-order valence-electron chi connectivity index (χ4n) is 3.98. The molecule has 1 heterocycles. The number of halogens is 2. The molecule has 1 fully saturated rings. The molecular formula is C24H25BrClN5O2S. The molecule has 0 aliphatic heterocycles. The first-order valence-corrected chi connectivity index (χ1v) is 13.2. The van der Waals surface area contributed by atoms with Gasteiger partial charge in [-0.05, 0) is 55.3 Å². The van der Waals surface area contributed by atoms with Crippen LogP contribution in [-0.2, 0) is 4.79 Å². The van der Waals surface area contributed by atoms with Crippen LogP contribution in [0, 0.1) is 0 Å². The first-order valence-electron chi connectivity index (χ1n) is 11.0. The van der Waals surface area contributed by atoms with E-state index in [1.165, 1.54) is 31.0 Å². The average molecular weight is 563 g/mol. The van der Waals surface area contributed by atoms with Crippen LogP contribution < -0.4 is 10.2 Å². The van der Waals surface area contributed by atoms with E-state index in [4.69, 9.17) is 16.3 Å². The van der Waals surface area contributed by atoms with Crippen molar-refractivity contribution in [3.8, 4) is 17.1 Å². The van der Waals surface area contributed by atoms with Crippen molar-refractivity contribution in [2.45, 2.75) is 43.3 Å². The Morgan fingerprint density at radius 3 is 2.74 bits per heavy atom. The van der Waals surface area contributed by atoms with Crippen LogP contribution in [0.25, 0.3) is 11.4 Å². The van der Waals surface area contributed by atoms with Crippen LogP contribution in [0.2, 0.25) is 5.02 Å². The van der Waals surface area contributed by atoms with Crippen molar-refractivity contribution in [2.75, 3.05) is 12.9 Å². The summed E-state index contributed by atoms with van der Waals surface area (Å²) in [6, 6.07) is 13.5. The molecule has 0 unspecified atom stereocenters. The van der Waals surface area contributed by atoms with E-state index < -0.39 is 0 Å². The highest BCUT2D eigenvalue weighted by molar-refractivity contribution is 9.10. The maximum Gasteiger partial charge on any atom is 0.250 e. The van der Waals surface area contributed by atoms with Gasteiger partial charge in [-0.3, -0.25) is 9.36 Å². The number of amides is 1. The standard InChI is InChI=1S/C24H25BrClN5O2S/c1-33-21-12-9-18(25)13-17(21)14-27-28-22(32)15-34-24-30-29-23(16-7-10-19(26)11-8-16)31(24)20-5-3-2-4-6-20/h7-14,20H,2-6,15H2,1H3,(H,28,32)/b27-14-. The van der Waals surface area contributed by atoms with Gasteiger partial charge in [-0.1, -0.05) is 58.6 Å². The van der Waals surface area contributed by atoms with Gasteiger partial charge >= 0.3 is 0 Å². The molecule has 0 spiro atoms. The second-order valence-corrected chi connectivity index (χ2v) is 10.2. The molecule has 10 heteroatoms. The summed E-state index contributed by atoms with van der Waals surface area (Å²) in [5, 5.41) is 14.4. The van der Waals surface area contributed by atoms with Gasteiger partial charge in [-0.15, -0.1) is 10.2 Å². The molecule has 1 saturated carbocycles. The van der Waals surface area contributed by atoms with Crippen LogP contribution in [0.1, 0.15) is 43.7 Å². The summed E-state index contributed by atoms with van der Waals surface area (Å²) in [6.45, 7) is 0. The molecule has 2 aromatic carbocycles. The van der Waals surface area contributed by atoms with Crippen LogP contribution >= 0.6 is 39.3 Å². The van der Waals surface area contributed by atoms with Gasteiger partial charge in [-0.25, -0.2) is 5.43 Å². The Hall–Kier alpha value is -2.36. The van der Waals surface area contributed by atoms with Crippen molar-refractivity contribution in [3.05, 3.63) is 57.5 Å². The van der Waals surface area contributed by atoms with Crippen LogP contribution in [-0.4, -0.2) is 39.7 Å². The lowest BCUT2D eigenvalue weighted by Crippen LogP contribution is -2.20. The number of aromatic nitrogens is 3. The second kappa shape index (κ2) is 11.9. The van der Waals surface area contributed by atoms with Gasteiger partial charge in [0.25, 0.3) is 5.91 Å². The third kappa shape index (κ3) is 6.20. The van der Waals surface area contributed by atoms with Gasteiger partial charge in [0.05, 0.1) is 19.1 Å². The quantitative estimate of drug-likeness (QED) is 0.203. The summed E-state index contributed by atoms with van der Waals surface area (Å²) < 4.78 is 8.41. The van der Waals surface area contributed by atoms with E-state index in [1.54, 1.807) is 13.3 Å². The molecule has 0 radical (unpaired) electrons. The van der Waals surface area contributed by atoms with E-state index >= 15 is 0 Å². The molecule has 0 bridgehead atoms. The second-order valence-electron chi connectivity index (χ2n) is 7.94. The fourth-order valence-corrected chi connectivity index (χ4v) is 5.28. The van der Waals surface area contributed by atoms with Crippen molar-refractivity contribution >= 4 is 51.4 Å². The minimum absolute atomic E-state index is 0.179. The Kier molecular flexibility index (Phi) is 8.64. The van der Waals surface area contributed by atoms with Crippen molar-refractivity contribution in [1.29, 1.82) is 0 Å². The normalized spacial score (nSPS) is 14.4. The molecule has 178 valence electrons. The van der Waals surface area contributed by atoms with E-state index in [-0.39, 0.29) is 11.7 Å². The van der Waals surface area contributed by atoms with Crippen molar-refractivity contribution in [2.24, 2.45) is 5.10 Å². The summed E-state index contributed by atoms with van der Waals surface area (Å²) in [4.78, 5) is 12.5. The minimum atomic E-state index is -0.221. The maximum atomic E-state index is 12.5. The Morgan fingerprint density at radius 1 is 1.24 bits per heavy atom. The van der Waals surface area contributed by atoms with E-state index in [1.807, 2.05) is 42.5 Å². The molecule has 1 aromatic heterocycles. The van der Waals surface area contributed by atoms with E-state index in [9.17, 15) is 4.79 Å². The highest BCUT2D eigenvalue weighted by atomic mass is 79.9. The number of hydrogen-bond donors (Lipinski definition) is 1. The third-order valence-electron chi connectivity index (χ3n) is 5.62. The minimum Gasteiger partial charge on any atom is -0.496 e. The molecule has 7 nitrogen and oxygen atoms in total. The molecule has 1 N–H and O–H groups in total. The lowest BCUT2D eigenvalue weighted by atomic mass is 9.95. The molecule has 1 amide bonds. The number of hydrogen-bond acceptors (Lipinski definition) is 6. The summed E-state index contributed by atoms with van der Waals surface area (Å²) in [7, 11) is 1.59. The molecule has 1 aliphatic rings. The Balaban J connectivity index is 1.45. The number of thioether (sulfide) groups is 1. The Morgan fingerprint density at radius 2 is 2.00 bits per heavy atom. The topological polar surface area (TPSA) is 81.4 Å². The van der Waals surface area contributed by atoms with Crippen LogP contribution in [0.15, 0.2) is 57.2 Å². The Labute approximate surface area is 216 Å². The number of nitrogens with one attached hydrogen (secondary N) is 1. The number of carbonyl (C=O) groups excluding carboxylic acids is 1. The van der Waals surface area contributed by atoms with Crippen molar-refractivity contribution in [1.82, 2.24) is 20.2 Å². The zero-order chi connectivity index (χ0) is 23.9. The van der Waals surface area contributed by atoms with E-state index in [0.717, 1.165) is 39.4 Å². The monoisotopic (exact) mass is 561 g/mol. The van der Waals surface area contributed by atoms with Gasteiger partial charge in [-0.2, -0.15) is 5.10 Å². The van der Waals surface area contributed by atoms with E-state index in [2.05, 4.69) is 41.2 Å². The van der Waals surface area contributed by atoms with Crippen molar-refractivity contribution in [3.63, 3.8) is 0 Å². The van der Waals surface area contributed by atoms with Gasteiger partial charge in [0, 0.05) is 26.7 Å². The lowest BCUT2D eigenvalue weighted by molar-refractivity contribution is -0.118. The maximum absolute atomic E-state index is 12.5. The molecule has 0 saturated heterocycles. The number of hydrazone groups is 1. The lowest BCUT2D eigenvalue weighted by Gasteiger charge is -2.25. The van der Waals surface area contributed by atoms with Gasteiger partial charge in [0.1, 0.15) is 5.75 Å². The third-order valence-corrected chi connectivity index (χ3v) is 7.31. The summed E-state index contributed by atoms with van der Waals surface area (Å²) in [6.07, 6.45) is 7.34. The molecule has 3 aromatic rings.